The number of amides is 1. The third-order valence-corrected chi connectivity index (χ3v) is 3.96. The first-order chi connectivity index (χ1) is 12.6. The Morgan fingerprint density at radius 1 is 1.27 bits per heavy atom. The predicted molar refractivity (Wildman–Crippen MR) is 100.0 cm³/mol. The fourth-order valence-corrected chi connectivity index (χ4v) is 2.61. The van der Waals surface area contributed by atoms with Crippen molar-refractivity contribution in [2.24, 2.45) is 0 Å². The van der Waals surface area contributed by atoms with E-state index in [-0.39, 0.29) is 12.2 Å². The van der Waals surface area contributed by atoms with E-state index in [9.17, 15) is 10.1 Å². The van der Waals surface area contributed by atoms with Crippen LogP contribution in [0.25, 0.3) is 6.08 Å². The van der Waals surface area contributed by atoms with Gasteiger partial charge in [-0.3, -0.25) is 4.79 Å². The van der Waals surface area contributed by atoms with Gasteiger partial charge in [0.2, 0.25) is 0 Å². The van der Waals surface area contributed by atoms with Gasteiger partial charge in [-0.1, -0.05) is 29.8 Å². The van der Waals surface area contributed by atoms with Crippen molar-refractivity contribution in [2.75, 3.05) is 19.0 Å². The monoisotopic (exact) mass is 346 g/mol. The zero-order valence-electron chi connectivity index (χ0n) is 14.6. The third kappa shape index (κ3) is 3.76. The summed E-state index contributed by atoms with van der Waals surface area (Å²) in [4.78, 5) is 12.4. The van der Waals surface area contributed by atoms with E-state index in [4.69, 9.17) is 9.47 Å². The Morgan fingerprint density at radius 3 is 2.73 bits per heavy atom. The second kappa shape index (κ2) is 7.58. The van der Waals surface area contributed by atoms with E-state index in [1.807, 2.05) is 49.4 Å². The van der Waals surface area contributed by atoms with Gasteiger partial charge in [-0.25, -0.2) is 0 Å². The number of methoxy groups -OCH3 is 1. The molecule has 5 nitrogen and oxygen atoms in total. The Hall–Kier alpha value is -3.52. The van der Waals surface area contributed by atoms with E-state index in [1.165, 1.54) is 0 Å². The highest BCUT2D eigenvalue weighted by Crippen LogP contribution is 2.35. The molecule has 26 heavy (non-hydrogen) atoms. The molecular weight excluding hydrogens is 328 g/mol. The number of carbonyl (C=O) groups excluding carboxylic acids is 1. The number of para-hydroxylation sites is 1. The molecule has 0 spiro atoms. The van der Waals surface area contributed by atoms with Gasteiger partial charge in [0, 0.05) is 11.3 Å². The zero-order valence-corrected chi connectivity index (χ0v) is 14.6. The summed E-state index contributed by atoms with van der Waals surface area (Å²) in [6.07, 6.45) is 3.43. The molecule has 0 unspecified atom stereocenters. The summed E-state index contributed by atoms with van der Waals surface area (Å²) in [7, 11) is 1.58. The minimum atomic E-state index is -0.450. The van der Waals surface area contributed by atoms with E-state index >= 15 is 0 Å². The highest BCUT2D eigenvalue weighted by atomic mass is 16.5. The van der Waals surface area contributed by atoms with Crippen LogP contribution in [0.1, 0.15) is 11.1 Å². The molecule has 0 aliphatic carbocycles. The van der Waals surface area contributed by atoms with Gasteiger partial charge in [0.05, 0.1) is 7.11 Å². The minimum absolute atomic E-state index is 0.0202. The number of ether oxygens (including phenoxy) is 2. The molecule has 0 bridgehead atoms. The second-order valence-electron chi connectivity index (χ2n) is 5.88. The maximum atomic E-state index is 12.4. The summed E-state index contributed by atoms with van der Waals surface area (Å²) in [5.74, 6) is 0.864. The van der Waals surface area contributed by atoms with Crippen LogP contribution in [0.15, 0.2) is 59.7 Å². The number of nitrogens with one attached hydrogen (secondary N) is 1. The maximum Gasteiger partial charge on any atom is 0.266 e. The molecule has 1 N–H and O–H groups in total. The zero-order chi connectivity index (χ0) is 18.5. The van der Waals surface area contributed by atoms with Crippen LogP contribution in [0.4, 0.5) is 5.69 Å². The summed E-state index contributed by atoms with van der Waals surface area (Å²) in [6.45, 7) is 2.23. The van der Waals surface area contributed by atoms with Crippen LogP contribution in [-0.2, 0) is 4.79 Å². The lowest BCUT2D eigenvalue weighted by atomic mass is 10.0. The molecule has 0 saturated heterocycles. The van der Waals surface area contributed by atoms with Crippen LogP contribution in [0.5, 0.6) is 11.5 Å². The molecule has 2 aromatic rings. The van der Waals surface area contributed by atoms with Crippen molar-refractivity contribution >= 4 is 17.7 Å². The van der Waals surface area contributed by atoms with Crippen LogP contribution in [-0.4, -0.2) is 19.6 Å². The van der Waals surface area contributed by atoms with Gasteiger partial charge >= 0.3 is 0 Å². The van der Waals surface area contributed by atoms with Gasteiger partial charge in [-0.15, -0.1) is 0 Å². The largest absolute Gasteiger partial charge is 0.493 e. The molecule has 1 heterocycles. The number of hydrogen-bond acceptors (Lipinski definition) is 4. The van der Waals surface area contributed by atoms with Crippen molar-refractivity contribution in [3.63, 3.8) is 0 Å². The number of rotatable bonds is 4. The average molecular weight is 346 g/mol. The van der Waals surface area contributed by atoms with E-state index in [2.05, 4.69) is 5.32 Å². The van der Waals surface area contributed by atoms with E-state index in [0.29, 0.717) is 17.2 Å². The summed E-state index contributed by atoms with van der Waals surface area (Å²) < 4.78 is 11.0. The Balaban J connectivity index is 1.82. The van der Waals surface area contributed by atoms with Crippen LogP contribution >= 0.6 is 0 Å². The summed E-state index contributed by atoms with van der Waals surface area (Å²) >= 11 is 0. The smallest absolute Gasteiger partial charge is 0.266 e. The molecule has 1 aliphatic rings. The Kier molecular flexibility index (Phi) is 5.04. The van der Waals surface area contributed by atoms with Gasteiger partial charge in [0.25, 0.3) is 5.91 Å². The molecule has 3 rings (SSSR count). The van der Waals surface area contributed by atoms with Gasteiger partial charge in [-0.05, 0) is 42.8 Å². The fraction of sp³-hybridized carbons (Fsp3) is 0.143. The Bertz CT molecular complexity index is 935. The first kappa shape index (κ1) is 17.3. The summed E-state index contributed by atoms with van der Waals surface area (Å²) in [5.41, 5.74) is 3.34. The van der Waals surface area contributed by atoms with Gasteiger partial charge in [0.1, 0.15) is 18.2 Å². The molecule has 2 aromatic carbocycles. The van der Waals surface area contributed by atoms with Crippen molar-refractivity contribution in [3.8, 4) is 17.6 Å². The molecule has 1 amide bonds. The minimum Gasteiger partial charge on any atom is -0.493 e. The number of benzene rings is 2. The predicted octanol–water partition coefficient (Wildman–Crippen LogP) is 3.87. The Labute approximate surface area is 152 Å². The summed E-state index contributed by atoms with van der Waals surface area (Å²) in [5, 5.41) is 12.1. The van der Waals surface area contributed by atoms with Crippen LogP contribution in [0, 0.1) is 18.3 Å². The van der Waals surface area contributed by atoms with Crippen molar-refractivity contribution in [3.05, 3.63) is 70.8 Å². The van der Waals surface area contributed by atoms with E-state index < -0.39 is 5.91 Å². The average Bonchev–Trinajstić information content (AvgIpc) is 2.67. The van der Waals surface area contributed by atoms with Gasteiger partial charge in [-0.2, -0.15) is 5.26 Å². The third-order valence-electron chi connectivity index (χ3n) is 3.96. The number of aryl methyl sites for hydroxylation is 1. The number of nitrogens with zero attached hydrogens (tertiary/aromatic N) is 1. The lowest BCUT2D eigenvalue weighted by Gasteiger charge is -2.18. The second-order valence-corrected chi connectivity index (χ2v) is 5.88. The lowest BCUT2D eigenvalue weighted by molar-refractivity contribution is -0.112. The van der Waals surface area contributed by atoms with E-state index in [0.717, 1.165) is 16.7 Å². The number of carbonyl (C=O) groups is 1. The molecular formula is C21H18N2O3. The number of fused-ring (bicyclic) bond motifs is 1. The lowest BCUT2D eigenvalue weighted by Crippen LogP contribution is -2.15. The first-order valence-electron chi connectivity index (χ1n) is 8.11. The topological polar surface area (TPSA) is 71.3 Å². The number of nitriles is 1. The molecule has 0 radical (unpaired) electrons. The normalized spacial score (nSPS) is 13.0. The van der Waals surface area contributed by atoms with Crippen molar-refractivity contribution in [1.29, 1.82) is 5.26 Å². The fourth-order valence-electron chi connectivity index (χ4n) is 2.61. The quantitative estimate of drug-likeness (QED) is 0.674. The molecule has 0 saturated carbocycles. The van der Waals surface area contributed by atoms with E-state index in [1.54, 1.807) is 25.3 Å². The molecule has 5 heteroatoms. The molecule has 0 fully saturated rings. The highest BCUT2D eigenvalue weighted by Gasteiger charge is 2.17. The van der Waals surface area contributed by atoms with Crippen molar-refractivity contribution in [1.82, 2.24) is 0 Å². The SMILES string of the molecule is COc1cccc2c1OCC(/C=C(/C#N)C(=O)Nc1ccc(C)cc1)=C2. The van der Waals surface area contributed by atoms with Crippen LogP contribution < -0.4 is 14.8 Å². The molecule has 0 aromatic heterocycles. The Morgan fingerprint density at radius 2 is 2.04 bits per heavy atom. The first-order valence-corrected chi connectivity index (χ1v) is 8.11. The standard InChI is InChI=1S/C21H18N2O3/c1-14-6-8-18(9-7-14)23-21(24)17(12-22)11-15-10-16-4-3-5-19(25-2)20(16)26-13-15/h3-11H,13H2,1-2H3,(H,23,24)/b17-11-. The number of anilines is 1. The van der Waals surface area contributed by atoms with Crippen molar-refractivity contribution in [2.45, 2.75) is 6.92 Å². The molecule has 130 valence electrons. The summed E-state index contributed by atoms with van der Waals surface area (Å²) in [6, 6.07) is 14.9. The number of hydrogen-bond donors (Lipinski definition) is 1. The van der Waals surface area contributed by atoms with Gasteiger partial charge in [0.15, 0.2) is 11.5 Å². The van der Waals surface area contributed by atoms with Crippen LogP contribution in [0.3, 0.4) is 0 Å². The van der Waals surface area contributed by atoms with Crippen LogP contribution in [0.2, 0.25) is 0 Å². The highest BCUT2D eigenvalue weighted by molar-refractivity contribution is 6.07. The van der Waals surface area contributed by atoms with Crippen molar-refractivity contribution < 1.29 is 14.3 Å². The molecule has 1 aliphatic heterocycles. The maximum absolute atomic E-state index is 12.4. The van der Waals surface area contributed by atoms with Gasteiger partial charge < -0.3 is 14.8 Å². The molecule has 0 atom stereocenters.